The molecule has 1 heterocycles. The summed E-state index contributed by atoms with van der Waals surface area (Å²) in [6.45, 7) is 3.64. The molecular weight excluding hydrogens is 407 g/mol. The van der Waals surface area contributed by atoms with E-state index in [1.165, 1.54) is 18.2 Å². The second kappa shape index (κ2) is 7.57. The molecule has 2 amide bonds. The Hall–Kier alpha value is -2.97. The number of hydrazone groups is 1. The lowest BCUT2D eigenvalue weighted by Gasteiger charge is -2.17. The number of amides is 2. The van der Waals surface area contributed by atoms with E-state index in [2.05, 4.69) is 10.4 Å². The Morgan fingerprint density at radius 1 is 1.29 bits per heavy atom. The fraction of sp³-hybridized carbons (Fsp3) is 0.167. The third-order valence-corrected chi connectivity index (χ3v) is 5.01. The van der Waals surface area contributed by atoms with E-state index in [-0.39, 0.29) is 34.2 Å². The van der Waals surface area contributed by atoms with Crippen molar-refractivity contribution in [2.45, 2.75) is 20.3 Å². The monoisotopic (exact) mass is 420 g/mol. The van der Waals surface area contributed by atoms with E-state index in [0.717, 1.165) is 22.2 Å². The molecule has 3 rings (SSSR count). The number of amidine groups is 1. The first-order valence-electron chi connectivity index (χ1n) is 8.10. The molecule has 0 spiro atoms. The van der Waals surface area contributed by atoms with E-state index >= 15 is 0 Å². The Morgan fingerprint density at radius 3 is 2.68 bits per heavy atom. The number of nitro benzene ring substituents is 1. The fourth-order valence-corrected chi connectivity index (χ4v) is 3.37. The molecule has 8 nitrogen and oxygen atoms in total. The molecule has 28 heavy (non-hydrogen) atoms. The largest absolute Gasteiger partial charge is 0.308 e. The van der Waals surface area contributed by atoms with Crippen LogP contribution in [0.4, 0.5) is 11.4 Å². The molecule has 0 radical (unpaired) electrons. The number of aryl methyl sites for hydroxylation is 1. The molecule has 0 saturated carbocycles. The van der Waals surface area contributed by atoms with Gasteiger partial charge in [0.05, 0.1) is 21.4 Å². The number of benzene rings is 2. The number of carbonyl (C=O) groups excluding carboxylic acids is 2. The van der Waals surface area contributed by atoms with Gasteiger partial charge < -0.3 is 5.32 Å². The molecule has 1 N–H and O–H groups in total. The van der Waals surface area contributed by atoms with Crippen molar-refractivity contribution in [2.24, 2.45) is 5.10 Å². The van der Waals surface area contributed by atoms with Gasteiger partial charge >= 0.3 is 0 Å². The van der Waals surface area contributed by atoms with Gasteiger partial charge in [-0.1, -0.05) is 29.3 Å². The Labute approximate surface area is 169 Å². The number of nitrogens with zero attached hydrogens (tertiary/aromatic N) is 3. The second-order valence-electron chi connectivity index (χ2n) is 6.15. The number of anilines is 1. The summed E-state index contributed by atoms with van der Waals surface area (Å²) in [5.41, 5.74) is 1.74. The van der Waals surface area contributed by atoms with Crippen molar-refractivity contribution in [1.82, 2.24) is 5.32 Å². The van der Waals surface area contributed by atoms with Crippen LogP contribution in [0.25, 0.3) is 0 Å². The minimum atomic E-state index is -0.616. The quantitative estimate of drug-likeness (QED) is 0.598. The zero-order valence-electron chi connectivity index (χ0n) is 14.8. The highest BCUT2D eigenvalue weighted by molar-refractivity contribution is 6.41. The van der Waals surface area contributed by atoms with E-state index in [0.29, 0.717) is 5.02 Å². The van der Waals surface area contributed by atoms with Gasteiger partial charge in [-0.15, -0.1) is 0 Å². The number of hydrogen-bond acceptors (Lipinski definition) is 5. The molecule has 0 unspecified atom stereocenters. The molecule has 0 fully saturated rings. The summed E-state index contributed by atoms with van der Waals surface area (Å²) < 4.78 is 0. The zero-order valence-corrected chi connectivity index (χ0v) is 16.3. The minimum Gasteiger partial charge on any atom is -0.308 e. The van der Waals surface area contributed by atoms with Gasteiger partial charge in [-0.05, 0) is 37.1 Å². The highest BCUT2D eigenvalue weighted by Crippen LogP contribution is 2.39. The summed E-state index contributed by atoms with van der Waals surface area (Å²) in [4.78, 5) is 35.0. The summed E-state index contributed by atoms with van der Waals surface area (Å²) >= 11 is 12.6. The van der Waals surface area contributed by atoms with Crippen molar-refractivity contribution in [1.29, 1.82) is 0 Å². The number of hydrogen-bond donors (Lipinski definition) is 1. The predicted octanol–water partition coefficient (Wildman–Crippen LogP) is 4.00. The standard InChI is InChI=1S/C18H14Cl2N4O4/c1-9-6-13(19)17(16(20)10(9)2)23-15(25)8-14(22-23)21-18(26)11-4-3-5-12(7-11)24(27)28/h3-7H,8H2,1-2H3,(H,21,22,26). The predicted molar refractivity (Wildman–Crippen MR) is 106 cm³/mol. The van der Waals surface area contributed by atoms with E-state index < -0.39 is 16.7 Å². The van der Waals surface area contributed by atoms with E-state index in [1.54, 1.807) is 13.0 Å². The van der Waals surface area contributed by atoms with Crippen LogP contribution in [0.5, 0.6) is 0 Å². The molecule has 10 heteroatoms. The van der Waals surface area contributed by atoms with Crippen LogP contribution in [-0.4, -0.2) is 22.6 Å². The number of nitrogens with one attached hydrogen (secondary N) is 1. The molecule has 1 aliphatic heterocycles. The average Bonchev–Trinajstić information content (AvgIpc) is 2.99. The minimum absolute atomic E-state index is 0.0741. The van der Waals surface area contributed by atoms with Gasteiger partial charge in [0.2, 0.25) is 0 Å². The molecule has 144 valence electrons. The van der Waals surface area contributed by atoms with Crippen LogP contribution in [0.2, 0.25) is 10.0 Å². The Balaban J connectivity index is 1.87. The first-order chi connectivity index (χ1) is 13.2. The number of carbonyl (C=O) groups is 2. The highest BCUT2D eigenvalue weighted by Gasteiger charge is 2.30. The van der Waals surface area contributed by atoms with Crippen LogP contribution >= 0.6 is 23.2 Å². The van der Waals surface area contributed by atoms with Crippen molar-refractivity contribution in [3.8, 4) is 0 Å². The number of rotatable bonds is 3. The first-order valence-corrected chi connectivity index (χ1v) is 8.86. The van der Waals surface area contributed by atoms with Crippen LogP contribution in [-0.2, 0) is 4.79 Å². The van der Waals surface area contributed by atoms with Gasteiger partial charge in [-0.2, -0.15) is 10.1 Å². The number of halogens is 2. The molecular formula is C18H14Cl2N4O4. The van der Waals surface area contributed by atoms with Crippen LogP contribution in [0.15, 0.2) is 35.4 Å². The van der Waals surface area contributed by atoms with Gasteiger partial charge in [0, 0.05) is 17.7 Å². The van der Waals surface area contributed by atoms with Crippen LogP contribution in [0.3, 0.4) is 0 Å². The van der Waals surface area contributed by atoms with Gasteiger partial charge in [-0.3, -0.25) is 19.7 Å². The van der Waals surface area contributed by atoms with E-state index in [9.17, 15) is 19.7 Å². The Kier molecular flexibility index (Phi) is 5.35. The molecule has 1 aliphatic rings. The molecule has 2 aromatic carbocycles. The zero-order chi connectivity index (χ0) is 20.6. The molecule has 2 aromatic rings. The molecule has 0 aliphatic carbocycles. The summed E-state index contributed by atoms with van der Waals surface area (Å²) in [6, 6.07) is 6.92. The molecule has 0 saturated heterocycles. The summed E-state index contributed by atoms with van der Waals surface area (Å²) in [6.07, 6.45) is -0.166. The van der Waals surface area contributed by atoms with Crippen molar-refractivity contribution >= 4 is 52.2 Å². The SMILES string of the molecule is Cc1cc(Cl)c(N2N=C(NC(=O)c3cccc([N+](=O)[O-])c3)CC2=O)c(Cl)c1C. The second-order valence-corrected chi connectivity index (χ2v) is 6.94. The van der Waals surface area contributed by atoms with Gasteiger partial charge in [0.25, 0.3) is 17.5 Å². The first kappa shape index (κ1) is 19.8. The third kappa shape index (κ3) is 3.69. The smallest absolute Gasteiger partial charge is 0.270 e. The van der Waals surface area contributed by atoms with Crippen LogP contribution in [0.1, 0.15) is 27.9 Å². The molecule has 0 bridgehead atoms. The van der Waals surface area contributed by atoms with Crippen molar-refractivity contribution in [3.63, 3.8) is 0 Å². The maximum Gasteiger partial charge on any atom is 0.270 e. The maximum absolute atomic E-state index is 12.4. The maximum atomic E-state index is 12.4. The van der Waals surface area contributed by atoms with Crippen molar-refractivity contribution in [3.05, 3.63) is 67.2 Å². The Morgan fingerprint density at radius 2 is 2.00 bits per heavy atom. The number of non-ortho nitro benzene ring substituents is 1. The lowest BCUT2D eigenvalue weighted by Crippen LogP contribution is -2.29. The van der Waals surface area contributed by atoms with Crippen molar-refractivity contribution < 1.29 is 14.5 Å². The van der Waals surface area contributed by atoms with Gasteiger partial charge in [-0.25, -0.2) is 0 Å². The third-order valence-electron chi connectivity index (χ3n) is 4.26. The number of nitro groups is 1. The van der Waals surface area contributed by atoms with Gasteiger partial charge in [0.15, 0.2) is 0 Å². The Bertz CT molecular complexity index is 1050. The van der Waals surface area contributed by atoms with Crippen LogP contribution < -0.4 is 10.3 Å². The fourth-order valence-electron chi connectivity index (χ4n) is 2.65. The summed E-state index contributed by atoms with van der Waals surface area (Å²) in [5, 5.41) is 19.1. The highest BCUT2D eigenvalue weighted by atomic mass is 35.5. The normalized spacial score (nSPS) is 13.5. The van der Waals surface area contributed by atoms with Gasteiger partial charge in [0.1, 0.15) is 11.5 Å². The van der Waals surface area contributed by atoms with Crippen molar-refractivity contribution in [2.75, 3.05) is 5.01 Å². The topological polar surface area (TPSA) is 105 Å². The summed E-state index contributed by atoms with van der Waals surface area (Å²) in [7, 11) is 0. The average molecular weight is 421 g/mol. The summed E-state index contributed by atoms with van der Waals surface area (Å²) in [5.74, 6) is -0.942. The van der Waals surface area contributed by atoms with E-state index in [1.807, 2.05) is 6.92 Å². The lowest BCUT2D eigenvalue weighted by molar-refractivity contribution is -0.384. The van der Waals surface area contributed by atoms with E-state index in [4.69, 9.17) is 23.2 Å². The molecule has 0 aromatic heterocycles. The lowest BCUT2D eigenvalue weighted by atomic mass is 10.1. The molecule has 0 atom stereocenters. The van der Waals surface area contributed by atoms with Crippen LogP contribution in [0, 0.1) is 24.0 Å².